The molecule has 1 amide bonds. The molecule has 0 spiro atoms. The van der Waals surface area contributed by atoms with Crippen LogP contribution in [0.2, 0.25) is 0 Å². The molecule has 2 heterocycles. The van der Waals surface area contributed by atoms with E-state index in [1.165, 1.54) is 0 Å². The van der Waals surface area contributed by atoms with E-state index >= 15 is 0 Å². The van der Waals surface area contributed by atoms with Crippen LogP contribution < -0.4 is 4.74 Å². The number of carboxylic acid groups (broad SMARTS) is 1. The number of ether oxygens (including phenoxy) is 1. The predicted octanol–water partition coefficient (Wildman–Crippen LogP) is 3.30. The number of likely N-dealkylation sites (tertiary alicyclic amines) is 1. The van der Waals surface area contributed by atoms with Crippen LogP contribution in [0, 0.1) is 11.8 Å². The average molecular weight is 421 g/mol. The number of aromatic nitrogens is 2. The number of piperidine rings is 1. The van der Waals surface area contributed by atoms with E-state index in [1.807, 2.05) is 53.4 Å². The van der Waals surface area contributed by atoms with Crippen LogP contribution in [0.1, 0.15) is 24.2 Å². The first-order valence-electron chi connectivity index (χ1n) is 10.6. The van der Waals surface area contributed by atoms with Gasteiger partial charge in [0.15, 0.2) is 0 Å². The number of benzene rings is 2. The van der Waals surface area contributed by atoms with Gasteiger partial charge in [-0.25, -0.2) is 4.98 Å². The Morgan fingerprint density at radius 2 is 1.97 bits per heavy atom. The van der Waals surface area contributed by atoms with Crippen molar-refractivity contribution in [2.75, 3.05) is 20.2 Å². The van der Waals surface area contributed by atoms with E-state index in [0.29, 0.717) is 38.1 Å². The summed E-state index contributed by atoms with van der Waals surface area (Å²) in [4.78, 5) is 34.2. The van der Waals surface area contributed by atoms with Crippen molar-refractivity contribution in [2.45, 2.75) is 25.7 Å². The van der Waals surface area contributed by atoms with Crippen molar-refractivity contribution in [3.8, 4) is 5.75 Å². The van der Waals surface area contributed by atoms with Crippen molar-refractivity contribution in [2.24, 2.45) is 11.8 Å². The number of rotatable bonds is 7. The summed E-state index contributed by atoms with van der Waals surface area (Å²) in [5, 5.41) is 9.38. The minimum atomic E-state index is -0.801. The van der Waals surface area contributed by atoms with Crippen LogP contribution in [-0.4, -0.2) is 52.1 Å². The fourth-order valence-electron chi connectivity index (χ4n) is 4.48. The van der Waals surface area contributed by atoms with E-state index in [-0.39, 0.29) is 24.2 Å². The van der Waals surface area contributed by atoms with Gasteiger partial charge in [-0.1, -0.05) is 36.4 Å². The highest BCUT2D eigenvalue weighted by Gasteiger charge is 2.33. The number of nitrogens with one attached hydrogen (secondary N) is 1. The molecule has 2 unspecified atom stereocenters. The van der Waals surface area contributed by atoms with Gasteiger partial charge in [0.25, 0.3) is 0 Å². The van der Waals surface area contributed by atoms with E-state index < -0.39 is 5.97 Å². The minimum absolute atomic E-state index is 0.00776. The Labute approximate surface area is 181 Å². The number of aromatic amines is 1. The molecule has 2 N–H and O–H groups in total. The molecule has 1 aromatic heterocycles. The van der Waals surface area contributed by atoms with Crippen LogP contribution in [0.3, 0.4) is 0 Å². The quantitative estimate of drug-likeness (QED) is 0.610. The number of carbonyl (C=O) groups excluding carboxylic acids is 1. The Kier molecular flexibility index (Phi) is 6.21. The van der Waals surface area contributed by atoms with Crippen molar-refractivity contribution in [3.05, 3.63) is 59.9 Å². The number of nitrogens with zero attached hydrogens (tertiary/aromatic N) is 2. The predicted molar refractivity (Wildman–Crippen MR) is 117 cm³/mol. The third kappa shape index (κ3) is 4.87. The molecule has 1 aliphatic rings. The van der Waals surface area contributed by atoms with Crippen molar-refractivity contribution in [1.29, 1.82) is 0 Å². The summed E-state index contributed by atoms with van der Waals surface area (Å²) < 4.78 is 5.40. The van der Waals surface area contributed by atoms with Crippen molar-refractivity contribution in [1.82, 2.24) is 14.9 Å². The number of para-hydroxylation sites is 1. The molecule has 2 atom stereocenters. The minimum Gasteiger partial charge on any atom is -0.494 e. The third-order valence-electron chi connectivity index (χ3n) is 6.08. The number of carboxylic acids is 1. The van der Waals surface area contributed by atoms with Gasteiger partial charge in [-0.3, -0.25) is 9.59 Å². The molecule has 7 nitrogen and oxygen atoms in total. The summed E-state index contributed by atoms with van der Waals surface area (Å²) in [6, 6.07) is 15.4. The molecule has 1 fully saturated rings. The largest absolute Gasteiger partial charge is 0.494 e. The molecular formula is C24H27N3O4. The lowest BCUT2D eigenvalue weighted by atomic mass is 9.81. The number of hydrogen-bond donors (Lipinski definition) is 2. The van der Waals surface area contributed by atoms with Crippen molar-refractivity contribution < 1.29 is 19.4 Å². The number of amides is 1. The van der Waals surface area contributed by atoms with Gasteiger partial charge in [0.2, 0.25) is 5.91 Å². The number of imidazole rings is 1. The molecule has 1 saturated heterocycles. The molecule has 0 aliphatic carbocycles. The Bertz CT molecular complexity index is 1060. The van der Waals surface area contributed by atoms with Crippen LogP contribution in [0.5, 0.6) is 5.75 Å². The van der Waals surface area contributed by atoms with Crippen LogP contribution in [-0.2, 0) is 22.4 Å². The first kappa shape index (κ1) is 20.9. The SMILES string of the molecule is COc1cccc2[nH]c(CC3CN(C(=O)Cc4ccccc4)CCC3CC(=O)O)nc12. The zero-order valence-electron chi connectivity index (χ0n) is 17.6. The van der Waals surface area contributed by atoms with Gasteiger partial charge in [0.05, 0.1) is 19.0 Å². The van der Waals surface area contributed by atoms with Crippen LogP contribution in [0.15, 0.2) is 48.5 Å². The first-order chi connectivity index (χ1) is 15.0. The van der Waals surface area contributed by atoms with E-state index in [2.05, 4.69) is 4.98 Å². The monoisotopic (exact) mass is 421 g/mol. The topological polar surface area (TPSA) is 95.5 Å². The summed E-state index contributed by atoms with van der Waals surface area (Å²) in [5.41, 5.74) is 2.64. The highest BCUT2D eigenvalue weighted by atomic mass is 16.5. The zero-order chi connectivity index (χ0) is 21.8. The van der Waals surface area contributed by atoms with Crippen LogP contribution in [0.25, 0.3) is 11.0 Å². The second-order valence-corrected chi connectivity index (χ2v) is 8.15. The van der Waals surface area contributed by atoms with E-state index in [4.69, 9.17) is 9.72 Å². The normalized spacial score (nSPS) is 18.8. The molecule has 31 heavy (non-hydrogen) atoms. The number of fused-ring (bicyclic) bond motifs is 1. The summed E-state index contributed by atoms with van der Waals surface area (Å²) >= 11 is 0. The Morgan fingerprint density at radius 3 is 2.71 bits per heavy atom. The Balaban J connectivity index is 1.51. The molecule has 162 valence electrons. The lowest BCUT2D eigenvalue weighted by Crippen LogP contribution is -2.45. The summed E-state index contributed by atoms with van der Waals surface area (Å²) in [5.74, 6) is 0.800. The number of H-pyrrole nitrogens is 1. The molecule has 2 aromatic carbocycles. The molecule has 0 radical (unpaired) electrons. The standard InChI is InChI=1S/C24H27N3O4/c1-31-20-9-5-8-19-24(20)26-21(25-19)13-18-15-27(11-10-17(18)14-23(29)30)22(28)12-16-6-3-2-4-7-16/h2-9,17-18H,10-15H2,1H3,(H,25,26)(H,29,30). The highest BCUT2D eigenvalue weighted by molar-refractivity contribution is 5.81. The molecule has 4 rings (SSSR count). The average Bonchev–Trinajstić information content (AvgIpc) is 3.18. The lowest BCUT2D eigenvalue weighted by Gasteiger charge is -2.38. The molecular weight excluding hydrogens is 394 g/mol. The van der Waals surface area contributed by atoms with Gasteiger partial charge in [-0.2, -0.15) is 0 Å². The maximum absolute atomic E-state index is 12.9. The fraction of sp³-hybridized carbons (Fsp3) is 0.375. The van der Waals surface area contributed by atoms with Crippen LogP contribution >= 0.6 is 0 Å². The molecule has 7 heteroatoms. The second kappa shape index (κ2) is 9.20. The van der Waals surface area contributed by atoms with E-state index in [0.717, 1.165) is 22.4 Å². The van der Waals surface area contributed by atoms with Gasteiger partial charge in [-0.15, -0.1) is 0 Å². The molecule has 0 bridgehead atoms. The highest BCUT2D eigenvalue weighted by Crippen LogP contribution is 2.31. The van der Waals surface area contributed by atoms with Crippen molar-refractivity contribution in [3.63, 3.8) is 0 Å². The summed E-state index contributed by atoms with van der Waals surface area (Å²) in [6.07, 6.45) is 1.74. The van der Waals surface area contributed by atoms with Crippen molar-refractivity contribution >= 4 is 22.9 Å². The maximum Gasteiger partial charge on any atom is 0.303 e. The third-order valence-corrected chi connectivity index (χ3v) is 6.08. The van der Waals surface area contributed by atoms with Gasteiger partial charge in [0, 0.05) is 25.9 Å². The summed E-state index contributed by atoms with van der Waals surface area (Å²) in [7, 11) is 1.61. The molecule has 3 aromatic rings. The maximum atomic E-state index is 12.9. The summed E-state index contributed by atoms with van der Waals surface area (Å²) in [6.45, 7) is 1.13. The van der Waals surface area contributed by atoms with Crippen LogP contribution in [0.4, 0.5) is 0 Å². The van der Waals surface area contributed by atoms with E-state index in [9.17, 15) is 14.7 Å². The van der Waals surface area contributed by atoms with Gasteiger partial charge in [-0.05, 0) is 36.0 Å². The van der Waals surface area contributed by atoms with E-state index in [1.54, 1.807) is 7.11 Å². The zero-order valence-corrected chi connectivity index (χ0v) is 17.6. The number of aliphatic carboxylic acids is 1. The van der Waals surface area contributed by atoms with Gasteiger partial charge < -0.3 is 19.7 Å². The molecule has 0 saturated carbocycles. The first-order valence-corrected chi connectivity index (χ1v) is 10.6. The number of hydrogen-bond acceptors (Lipinski definition) is 4. The Morgan fingerprint density at radius 1 is 1.16 bits per heavy atom. The van der Waals surface area contributed by atoms with Gasteiger partial charge in [0.1, 0.15) is 17.1 Å². The fourth-order valence-corrected chi connectivity index (χ4v) is 4.48. The molecule has 1 aliphatic heterocycles. The smallest absolute Gasteiger partial charge is 0.303 e. The Hall–Kier alpha value is -3.35. The number of methoxy groups -OCH3 is 1. The lowest BCUT2D eigenvalue weighted by molar-refractivity contribution is -0.139. The van der Waals surface area contributed by atoms with Gasteiger partial charge >= 0.3 is 5.97 Å². The second-order valence-electron chi connectivity index (χ2n) is 8.15. The number of carbonyl (C=O) groups is 2.